The van der Waals surface area contributed by atoms with Crippen molar-refractivity contribution in [2.24, 2.45) is 0 Å². The third-order valence-electron chi connectivity index (χ3n) is 4.39. The van der Waals surface area contributed by atoms with E-state index in [1.54, 1.807) is 30.6 Å². The van der Waals surface area contributed by atoms with E-state index in [9.17, 15) is 25.2 Å². The van der Waals surface area contributed by atoms with Gasteiger partial charge in [-0.2, -0.15) is 4.57 Å². The molecular weight excluding hydrogens is 356 g/mol. The maximum Gasteiger partial charge on any atom is 0.342 e. The van der Waals surface area contributed by atoms with Crippen LogP contribution in [-0.2, 0) is 9.47 Å². The molecule has 1 aliphatic rings. The zero-order valence-electron chi connectivity index (χ0n) is 14.3. The molecule has 0 bridgehead atoms. The molecule has 27 heavy (non-hydrogen) atoms. The van der Waals surface area contributed by atoms with Crippen molar-refractivity contribution >= 4 is 11.7 Å². The Morgan fingerprint density at radius 2 is 1.85 bits per heavy atom. The smallest absolute Gasteiger partial charge is 0.342 e. The highest BCUT2D eigenvalue weighted by Gasteiger charge is 2.49. The number of nitrogens with two attached hydrogens (primary N) is 1. The van der Waals surface area contributed by atoms with Gasteiger partial charge in [-0.3, -0.25) is 0 Å². The molecule has 0 saturated carbocycles. The number of aliphatic hydroxyl groups is 3. The quantitative estimate of drug-likeness (QED) is 0.199. The first-order chi connectivity index (χ1) is 12.9. The Kier molecular flexibility index (Phi) is 5.57. The Hall–Kier alpha value is -2.72. The zero-order chi connectivity index (χ0) is 19.6. The van der Waals surface area contributed by atoms with Gasteiger partial charge < -0.3 is 35.6 Å². The number of benzene rings is 1. The van der Waals surface area contributed by atoms with Gasteiger partial charge in [-0.15, -0.1) is 0 Å². The lowest BCUT2D eigenvalue weighted by Crippen LogP contribution is -2.63. The highest BCUT2D eigenvalue weighted by molar-refractivity contribution is 5.93. The summed E-state index contributed by atoms with van der Waals surface area (Å²) in [7, 11) is 0. The maximum atomic E-state index is 12.1. The number of esters is 1. The van der Waals surface area contributed by atoms with Gasteiger partial charge in [-0.1, -0.05) is 6.07 Å². The normalized spacial score (nSPS) is 27.9. The Morgan fingerprint density at radius 3 is 2.56 bits per heavy atom. The Bertz CT molecular complexity index is 802. The predicted molar refractivity (Wildman–Crippen MR) is 91.4 cm³/mol. The van der Waals surface area contributed by atoms with Gasteiger partial charge in [0.1, 0.15) is 36.2 Å². The molecule has 0 aliphatic carbocycles. The molecule has 5 atom stereocenters. The van der Waals surface area contributed by atoms with Gasteiger partial charge in [-0.05, 0) is 18.2 Å². The molecule has 2 unspecified atom stereocenters. The van der Waals surface area contributed by atoms with Crippen LogP contribution in [0.3, 0.4) is 0 Å². The third-order valence-corrected chi connectivity index (χ3v) is 4.39. The fourth-order valence-electron chi connectivity index (χ4n) is 2.96. The maximum absolute atomic E-state index is 12.1. The van der Waals surface area contributed by atoms with Crippen LogP contribution >= 0.6 is 0 Å². The number of hydrogen-bond acceptors (Lipinski definition) is 8. The number of anilines is 1. The predicted octanol–water partition coefficient (Wildman–Crippen LogP) is -0.901. The summed E-state index contributed by atoms with van der Waals surface area (Å²) in [5, 5.41) is 40.6. The van der Waals surface area contributed by atoms with Crippen LogP contribution in [0.4, 0.5) is 5.69 Å². The van der Waals surface area contributed by atoms with E-state index < -0.39 is 43.2 Å². The minimum atomic E-state index is -1.43. The number of nitrogen functional groups attached to an aromatic ring is 1. The number of rotatable bonds is 4. The molecule has 1 aromatic heterocycles. The van der Waals surface area contributed by atoms with Crippen LogP contribution in [0.15, 0.2) is 48.8 Å². The van der Waals surface area contributed by atoms with E-state index in [1.807, 2.05) is 0 Å². The molecule has 6 N–H and O–H groups in total. The van der Waals surface area contributed by atoms with Crippen molar-refractivity contribution in [2.45, 2.75) is 30.6 Å². The molecule has 2 aromatic rings. The van der Waals surface area contributed by atoms with Crippen LogP contribution in [0.2, 0.25) is 0 Å². The average Bonchev–Trinajstić information content (AvgIpc) is 2.66. The van der Waals surface area contributed by atoms with Gasteiger partial charge in [0.2, 0.25) is 12.3 Å². The van der Waals surface area contributed by atoms with Gasteiger partial charge >= 0.3 is 5.97 Å². The van der Waals surface area contributed by atoms with Crippen LogP contribution in [0.5, 0.6) is 5.75 Å². The van der Waals surface area contributed by atoms with Crippen molar-refractivity contribution in [2.75, 3.05) is 12.3 Å². The molecular formula is C18H21N2O7+. The number of hydrogen-bond donors (Lipinski definition) is 5. The van der Waals surface area contributed by atoms with Crippen molar-refractivity contribution in [3.63, 3.8) is 0 Å². The summed E-state index contributed by atoms with van der Waals surface area (Å²) in [6.45, 7) is -0.436. The zero-order valence-corrected chi connectivity index (χ0v) is 14.3. The molecule has 9 heteroatoms. The van der Waals surface area contributed by atoms with Crippen LogP contribution in [0.1, 0.15) is 16.4 Å². The second kappa shape index (κ2) is 7.89. The van der Waals surface area contributed by atoms with Gasteiger partial charge in [0.05, 0.1) is 0 Å². The summed E-state index contributed by atoms with van der Waals surface area (Å²) in [5.74, 6) is -1.18. The molecule has 1 fully saturated rings. The summed E-state index contributed by atoms with van der Waals surface area (Å²) in [6, 6.07) is 8.19. The molecule has 1 saturated heterocycles. The van der Waals surface area contributed by atoms with E-state index in [1.165, 1.54) is 22.8 Å². The number of ether oxygens (including phenoxy) is 2. The molecule has 9 nitrogen and oxygen atoms in total. The largest absolute Gasteiger partial charge is 0.507 e. The van der Waals surface area contributed by atoms with Crippen molar-refractivity contribution in [3.8, 4) is 5.75 Å². The number of pyridine rings is 1. The second-order valence-electron chi connectivity index (χ2n) is 6.23. The van der Waals surface area contributed by atoms with E-state index in [0.717, 1.165) is 0 Å². The number of phenols is 1. The lowest BCUT2D eigenvalue weighted by Gasteiger charge is -2.37. The van der Waals surface area contributed by atoms with Crippen LogP contribution in [0, 0.1) is 0 Å². The standard InChI is InChI=1S/C18H20N2O7/c19-10-4-5-12(21)11(8-10)17(24)26-9-13-15(22)16(23)14(18(25)27-13)20-6-2-1-3-7-20/h1-8,13-16,18,22-23,25H,9,19H2/p+1/t13?,14?,15-,16+,18-/m1/s1. The molecule has 0 radical (unpaired) electrons. The summed E-state index contributed by atoms with van der Waals surface area (Å²) in [5.41, 5.74) is 5.71. The van der Waals surface area contributed by atoms with Crippen molar-refractivity contribution in [3.05, 3.63) is 54.4 Å². The van der Waals surface area contributed by atoms with E-state index in [4.69, 9.17) is 15.2 Å². The molecule has 1 aromatic carbocycles. The minimum Gasteiger partial charge on any atom is -0.507 e. The van der Waals surface area contributed by atoms with Gasteiger partial charge in [0, 0.05) is 17.8 Å². The lowest BCUT2D eigenvalue weighted by molar-refractivity contribution is -0.751. The van der Waals surface area contributed by atoms with E-state index in [0.29, 0.717) is 0 Å². The fraction of sp³-hybridized carbons (Fsp3) is 0.333. The van der Waals surface area contributed by atoms with E-state index in [2.05, 4.69) is 0 Å². The molecule has 2 heterocycles. The van der Waals surface area contributed by atoms with E-state index in [-0.39, 0.29) is 17.0 Å². The topological polar surface area (TPSA) is 146 Å². The lowest BCUT2D eigenvalue weighted by atomic mass is 9.96. The van der Waals surface area contributed by atoms with Crippen LogP contribution in [0.25, 0.3) is 0 Å². The number of phenolic OH excluding ortho intramolecular Hbond substituents is 1. The Morgan fingerprint density at radius 1 is 1.15 bits per heavy atom. The first-order valence-electron chi connectivity index (χ1n) is 8.29. The minimum absolute atomic E-state index is 0.140. The highest BCUT2D eigenvalue weighted by atomic mass is 16.6. The highest BCUT2D eigenvalue weighted by Crippen LogP contribution is 2.26. The van der Waals surface area contributed by atoms with Gasteiger partial charge in [-0.25, -0.2) is 4.79 Å². The number of aromatic hydroxyl groups is 1. The summed E-state index contributed by atoms with van der Waals surface area (Å²) < 4.78 is 11.9. The summed E-state index contributed by atoms with van der Waals surface area (Å²) in [6.07, 6.45) is -2.10. The van der Waals surface area contributed by atoms with Crippen LogP contribution in [-0.4, -0.2) is 57.6 Å². The average molecular weight is 377 g/mol. The molecule has 0 amide bonds. The van der Waals surface area contributed by atoms with Gasteiger partial charge in [0.15, 0.2) is 12.4 Å². The SMILES string of the molecule is Nc1ccc(O)c(C(=O)OCC2O[C@@H](O)C([n+]3ccccc3)[C@H](O)[C@@H]2O)c1. The van der Waals surface area contributed by atoms with Crippen LogP contribution < -0.4 is 10.3 Å². The first kappa shape index (κ1) is 19.1. The first-order valence-corrected chi connectivity index (χ1v) is 8.29. The Labute approximate surface area is 154 Å². The molecule has 1 aliphatic heterocycles. The number of aliphatic hydroxyl groups excluding tert-OH is 3. The van der Waals surface area contributed by atoms with Crippen molar-refractivity contribution in [1.82, 2.24) is 0 Å². The fourth-order valence-corrected chi connectivity index (χ4v) is 2.96. The molecule has 3 rings (SSSR count). The Balaban J connectivity index is 1.67. The number of carbonyl (C=O) groups excluding carboxylic acids is 1. The van der Waals surface area contributed by atoms with Crippen molar-refractivity contribution in [1.29, 1.82) is 0 Å². The number of nitrogens with zero attached hydrogens (tertiary/aromatic N) is 1. The van der Waals surface area contributed by atoms with E-state index >= 15 is 0 Å². The molecule has 144 valence electrons. The monoisotopic (exact) mass is 377 g/mol. The van der Waals surface area contributed by atoms with Crippen molar-refractivity contribution < 1.29 is 39.3 Å². The number of aromatic nitrogens is 1. The summed E-state index contributed by atoms with van der Waals surface area (Å²) >= 11 is 0. The summed E-state index contributed by atoms with van der Waals surface area (Å²) in [4.78, 5) is 12.1. The second-order valence-corrected chi connectivity index (χ2v) is 6.23. The molecule has 0 spiro atoms. The number of carbonyl (C=O) groups is 1. The van der Waals surface area contributed by atoms with Gasteiger partial charge in [0.25, 0.3) is 0 Å². The third kappa shape index (κ3) is 4.01.